The summed E-state index contributed by atoms with van der Waals surface area (Å²) >= 11 is 0. The van der Waals surface area contributed by atoms with Crippen LogP contribution in [0.25, 0.3) is 0 Å². The van der Waals surface area contributed by atoms with Crippen molar-refractivity contribution in [3.05, 3.63) is 24.3 Å². The fourth-order valence-electron chi connectivity index (χ4n) is 7.91. The third kappa shape index (κ3) is 32.1. The van der Waals surface area contributed by atoms with Gasteiger partial charge in [0.2, 0.25) is 0 Å². The van der Waals surface area contributed by atoms with Gasteiger partial charge < -0.3 is 39.9 Å². The van der Waals surface area contributed by atoms with E-state index >= 15 is 0 Å². The fourth-order valence-corrected chi connectivity index (χ4v) is 8.88. The van der Waals surface area contributed by atoms with Crippen molar-refractivity contribution in [3.8, 4) is 0 Å². The highest BCUT2D eigenvalue weighted by molar-refractivity contribution is 7.47. The molecule has 8 atom stereocenters. The average Bonchev–Trinajstić information content (AvgIpc) is 3.28. The molecule has 1 rings (SSSR count). The molecule has 0 aromatic carbocycles. The highest BCUT2D eigenvalue weighted by Crippen LogP contribution is 2.47. The number of carbonyl (C=O) groups is 2. The predicted molar refractivity (Wildman–Crippen MR) is 254 cm³/mol. The molecule has 0 saturated heterocycles. The SMILES string of the molecule is CCCCC/C=C/C/C=C/CCCCCCCCCCCC(=O)OC[C@@H](COP(=O)(O)OC1C(O)C(O)C(O)[C@H](O)C1O)OC(=O)CCCCCCCCCCCCCCCCCC. The fraction of sp³-hybridized carbons (Fsp3) is 0.880. The van der Waals surface area contributed by atoms with E-state index in [0.29, 0.717) is 12.8 Å². The molecule has 13 nitrogen and oxygen atoms in total. The summed E-state index contributed by atoms with van der Waals surface area (Å²) in [5, 5.41) is 50.2. The molecule has 0 aromatic rings. The Bertz CT molecular complexity index is 1220. The van der Waals surface area contributed by atoms with E-state index in [-0.39, 0.29) is 12.8 Å². The van der Waals surface area contributed by atoms with Gasteiger partial charge in [0.05, 0.1) is 6.61 Å². The van der Waals surface area contributed by atoms with Crippen LogP contribution >= 0.6 is 7.82 Å². The van der Waals surface area contributed by atoms with Crippen LogP contribution in [0.5, 0.6) is 0 Å². The first kappa shape index (κ1) is 60.3. The molecule has 0 heterocycles. The van der Waals surface area contributed by atoms with Gasteiger partial charge in [0, 0.05) is 12.8 Å². The Morgan fingerprint density at radius 3 is 1.30 bits per heavy atom. The van der Waals surface area contributed by atoms with Crippen molar-refractivity contribution in [1.29, 1.82) is 0 Å². The molecule has 1 saturated carbocycles. The van der Waals surface area contributed by atoms with Gasteiger partial charge in [-0.05, 0) is 44.9 Å². The number of unbranched alkanes of at least 4 members (excludes halogenated alkanes) is 27. The zero-order chi connectivity index (χ0) is 47.1. The lowest BCUT2D eigenvalue weighted by atomic mass is 9.85. The Labute approximate surface area is 387 Å². The number of phosphoric ester groups is 1. The van der Waals surface area contributed by atoms with E-state index < -0.39 is 75.7 Å². The van der Waals surface area contributed by atoms with Crippen LogP contribution in [0, 0.1) is 0 Å². The maximum atomic E-state index is 12.8. The number of ether oxygens (including phenoxy) is 2. The second-order valence-corrected chi connectivity index (χ2v) is 19.4. The van der Waals surface area contributed by atoms with Gasteiger partial charge in [0.1, 0.15) is 43.2 Å². The van der Waals surface area contributed by atoms with Gasteiger partial charge in [0.15, 0.2) is 6.10 Å². The number of hydrogen-bond acceptors (Lipinski definition) is 12. The normalized spacial score (nSPS) is 21.7. The largest absolute Gasteiger partial charge is 0.472 e. The first-order chi connectivity index (χ1) is 30.9. The number of hydrogen-bond donors (Lipinski definition) is 6. The second kappa shape index (κ2) is 40.4. The second-order valence-electron chi connectivity index (χ2n) is 18.0. The molecular formula is C50H93O13P. The summed E-state index contributed by atoms with van der Waals surface area (Å²) < 4.78 is 33.6. The van der Waals surface area contributed by atoms with Crippen LogP contribution in [-0.2, 0) is 32.7 Å². The maximum Gasteiger partial charge on any atom is 0.472 e. The molecule has 376 valence electrons. The molecule has 6 unspecified atom stereocenters. The van der Waals surface area contributed by atoms with Crippen LogP contribution in [-0.4, -0.2) is 98.3 Å². The molecule has 0 amide bonds. The molecule has 0 spiro atoms. The van der Waals surface area contributed by atoms with E-state index in [9.17, 15) is 44.6 Å². The molecule has 0 aliphatic heterocycles. The van der Waals surface area contributed by atoms with Crippen LogP contribution in [0.3, 0.4) is 0 Å². The Balaban J connectivity index is 2.39. The van der Waals surface area contributed by atoms with Gasteiger partial charge in [-0.15, -0.1) is 0 Å². The molecule has 14 heteroatoms. The third-order valence-electron chi connectivity index (χ3n) is 12.0. The minimum absolute atomic E-state index is 0.101. The quantitative estimate of drug-likeness (QED) is 0.0146. The molecule has 0 aromatic heterocycles. The van der Waals surface area contributed by atoms with E-state index in [0.717, 1.165) is 57.8 Å². The lowest BCUT2D eigenvalue weighted by molar-refractivity contribution is -0.220. The molecule has 1 fully saturated rings. The Morgan fingerprint density at radius 1 is 0.484 bits per heavy atom. The maximum absolute atomic E-state index is 12.8. The van der Waals surface area contributed by atoms with Gasteiger partial charge >= 0.3 is 19.8 Å². The summed E-state index contributed by atoms with van der Waals surface area (Å²) in [7, 11) is -5.12. The van der Waals surface area contributed by atoms with Crippen molar-refractivity contribution in [1.82, 2.24) is 0 Å². The summed E-state index contributed by atoms with van der Waals surface area (Å²) in [6.07, 6.45) is 32.2. The van der Waals surface area contributed by atoms with Crippen LogP contribution in [0.4, 0.5) is 0 Å². The van der Waals surface area contributed by atoms with Gasteiger partial charge in [-0.3, -0.25) is 18.6 Å². The van der Waals surface area contributed by atoms with E-state index in [1.165, 1.54) is 128 Å². The van der Waals surface area contributed by atoms with Crippen molar-refractivity contribution in [2.45, 2.75) is 268 Å². The number of esters is 2. The Morgan fingerprint density at radius 2 is 0.844 bits per heavy atom. The van der Waals surface area contributed by atoms with Crippen molar-refractivity contribution in [3.63, 3.8) is 0 Å². The highest BCUT2D eigenvalue weighted by Gasteiger charge is 2.51. The van der Waals surface area contributed by atoms with E-state index in [4.69, 9.17) is 18.5 Å². The monoisotopic (exact) mass is 933 g/mol. The van der Waals surface area contributed by atoms with Crippen LogP contribution in [0.15, 0.2) is 24.3 Å². The predicted octanol–water partition coefficient (Wildman–Crippen LogP) is 10.8. The minimum atomic E-state index is -5.12. The smallest absolute Gasteiger partial charge is 0.462 e. The zero-order valence-electron chi connectivity index (χ0n) is 40.1. The summed E-state index contributed by atoms with van der Waals surface area (Å²) in [5.74, 6) is -1.09. The van der Waals surface area contributed by atoms with Gasteiger partial charge in [-0.25, -0.2) is 4.57 Å². The number of aliphatic hydroxyl groups excluding tert-OH is 5. The topological polar surface area (TPSA) is 210 Å². The molecule has 1 aliphatic rings. The number of allylic oxidation sites excluding steroid dienone is 4. The Kier molecular flexibility index (Phi) is 38.1. The number of aliphatic hydroxyl groups is 5. The van der Waals surface area contributed by atoms with Crippen LogP contribution in [0.2, 0.25) is 0 Å². The van der Waals surface area contributed by atoms with Crippen molar-refractivity contribution < 1.29 is 63.1 Å². The van der Waals surface area contributed by atoms with E-state index in [1.807, 2.05) is 0 Å². The third-order valence-corrected chi connectivity index (χ3v) is 13.0. The molecule has 0 bridgehead atoms. The molecule has 6 N–H and O–H groups in total. The lowest BCUT2D eigenvalue weighted by Crippen LogP contribution is -2.64. The molecule has 64 heavy (non-hydrogen) atoms. The number of carbonyl (C=O) groups excluding carboxylic acids is 2. The summed E-state index contributed by atoms with van der Waals surface area (Å²) in [6.45, 7) is 3.30. The minimum Gasteiger partial charge on any atom is -0.462 e. The van der Waals surface area contributed by atoms with E-state index in [1.54, 1.807) is 0 Å². The molecule has 0 radical (unpaired) electrons. The van der Waals surface area contributed by atoms with Gasteiger partial charge in [-0.1, -0.05) is 192 Å². The van der Waals surface area contributed by atoms with Crippen molar-refractivity contribution in [2.75, 3.05) is 13.2 Å². The van der Waals surface area contributed by atoms with Crippen LogP contribution < -0.4 is 0 Å². The standard InChI is InChI=1S/C50H93O13P/c1-3-5-7-9-11-13-15-17-19-21-22-23-25-26-28-30-32-34-36-38-43(51)60-40-42(41-61-64(58,59)63-50-48(56)46(54)45(53)47(55)49(50)57)62-44(52)39-37-35-33-31-29-27-24-20-18-16-14-12-10-8-6-4-2/h11,13,17,19,42,45-50,53-57H,3-10,12,14-16,18,20-41H2,1-2H3,(H,58,59)/b13-11+,19-17+/t42-,45?,46-,47?,48?,49?,50?/m0/s1. The number of phosphoric acid groups is 1. The Hall–Kier alpha value is -1.67. The summed E-state index contributed by atoms with van der Waals surface area (Å²) in [5.41, 5.74) is 0. The average molecular weight is 933 g/mol. The zero-order valence-corrected chi connectivity index (χ0v) is 41.0. The highest BCUT2D eigenvalue weighted by atomic mass is 31.2. The first-order valence-corrected chi connectivity index (χ1v) is 27.1. The van der Waals surface area contributed by atoms with Gasteiger partial charge in [0.25, 0.3) is 0 Å². The van der Waals surface area contributed by atoms with Gasteiger partial charge in [-0.2, -0.15) is 0 Å². The molecular weight excluding hydrogens is 840 g/mol. The van der Waals surface area contributed by atoms with Crippen LogP contribution in [0.1, 0.15) is 226 Å². The van der Waals surface area contributed by atoms with Crippen molar-refractivity contribution >= 4 is 19.8 Å². The lowest BCUT2D eigenvalue weighted by Gasteiger charge is -2.41. The van der Waals surface area contributed by atoms with Crippen molar-refractivity contribution in [2.24, 2.45) is 0 Å². The number of rotatable bonds is 43. The first-order valence-electron chi connectivity index (χ1n) is 25.6. The van der Waals surface area contributed by atoms with E-state index in [2.05, 4.69) is 38.2 Å². The summed E-state index contributed by atoms with van der Waals surface area (Å²) in [4.78, 5) is 35.8. The molecule has 1 aliphatic carbocycles. The summed E-state index contributed by atoms with van der Waals surface area (Å²) in [6, 6.07) is 0.